The maximum Gasteiger partial charge on any atom is 0.493 e. The molecule has 3 N–H and O–H groups in total. The highest BCUT2D eigenvalue weighted by atomic mass is 16.5. The predicted octanol–water partition coefficient (Wildman–Crippen LogP) is -0.604. The summed E-state index contributed by atoms with van der Waals surface area (Å²) in [5.41, 5.74) is 5.92. The molecule has 0 aromatic heterocycles. The van der Waals surface area contributed by atoms with Crippen molar-refractivity contribution in [3.05, 3.63) is 23.3 Å². The van der Waals surface area contributed by atoms with Crippen LogP contribution < -0.4 is 15.9 Å². The third-order valence-electron chi connectivity index (χ3n) is 2.84. The average Bonchev–Trinajstić information content (AvgIpc) is 2.78. The van der Waals surface area contributed by atoms with Gasteiger partial charge in [-0.3, -0.25) is 0 Å². The van der Waals surface area contributed by atoms with Crippen molar-refractivity contribution in [2.24, 2.45) is 5.73 Å². The summed E-state index contributed by atoms with van der Waals surface area (Å²) in [6.07, 6.45) is 0. The first-order valence-corrected chi connectivity index (χ1v) is 5.67. The second-order valence-corrected chi connectivity index (χ2v) is 4.60. The van der Waals surface area contributed by atoms with Crippen molar-refractivity contribution >= 4 is 12.6 Å². The van der Waals surface area contributed by atoms with Gasteiger partial charge in [0, 0.05) is 5.46 Å². The van der Waals surface area contributed by atoms with Crippen molar-refractivity contribution in [1.82, 2.24) is 0 Å². The van der Waals surface area contributed by atoms with Crippen molar-refractivity contribution in [1.29, 1.82) is 10.5 Å². The normalized spacial score (nSPS) is 16.2. The van der Waals surface area contributed by atoms with Gasteiger partial charge in [0.15, 0.2) is 0 Å². The molecule has 7 heteroatoms. The van der Waals surface area contributed by atoms with Crippen LogP contribution in [0.15, 0.2) is 12.1 Å². The molecule has 0 bridgehead atoms. The molecule has 1 aromatic carbocycles. The molecule has 1 aromatic rings. The van der Waals surface area contributed by atoms with Crippen molar-refractivity contribution in [2.45, 2.75) is 19.1 Å². The molecule has 6 nitrogen and oxygen atoms in total. The van der Waals surface area contributed by atoms with Crippen LogP contribution in [0, 0.1) is 22.7 Å². The lowest BCUT2D eigenvalue weighted by atomic mass is 9.76. The van der Waals surface area contributed by atoms with E-state index in [1.54, 1.807) is 12.1 Å². The molecule has 1 atom stereocenters. The van der Waals surface area contributed by atoms with Crippen LogP contribution >= 0.6 is 0 Å². The molecule has 96 valence electrons. The second kappa shape index (κ2) is 4.91. The third kappa shape index (κ3) is 2.54. The van der Waals surface area contributed by atoms with E-state index in [-0.39, 0.29) is 24.5 Å². The molecule has 0 radical (unpaired) electrons. The smallest absolute Gasteiger partial charge is 0.489 e. The number of fused-ring (bicyclic) bond motifs is 1. The van der Waals surface area contributed by atoms with Crippen molar-refractivity contribution in [3.8, 4) is 17.9 Å². The van der Waals surface area contributed by atoms with Gasteiger partial charge in [0.2, 0.25) is 0 Å². The first-order chi connectivity index (χ1) is 8.98. The van der Waals surface area contributed by atoms with Crippen LogP contribution in [0.25, 0.3) is 0 Å². The van der Waals surface area contributed by atoms with Gasteiger partial charge in [-0.2, -0.15) is 10.5 Å². The lowest BCUT2D eigenvalue weighted by Crippen LogP contribution is -2.41. The highest BCUT2D eigenvalue weighted by Crippen LogP contribution is 2.22. The summed E-state index contributed by atoms with van der Waals surface area (Å²) in [4.78, 5) is 0. The van der Waals surface area contributed by atoms with Crippen LogP contribution in [0.4, 0.5) is 0 Å². The van der Waals surface area contributed by atoms with E-state index >= 15 is 0 Å². The Morgan fingerprint density at radius 2 is 2.32 bits per heavy atom. The number of nitrogens with two attached hydrogens (primary N) is 1. The fourth-order valence-electron chi connectivity index (χ4n) is 1.80. The van der Waals surface area contributed by atoms with E-state index in [1.807, 2.05) is 12.1 Å². The Morgan fingerprint density at radius 1 is 1.58 bits per heavy atom. The van der Waals surface area contributed by atoms with Crippen LogP contribution in [0.2, 0.25) is 0 Å². The van der Waals surface area contributed by atoms with E-state index in [9.17, 15) is 10.3 Å². The van der Waals surface area contributed by atoms with Gasteiger partial charge in [-0.25, -0.2) is 0 Å². The number of nitriles is 2. The molecule has 1 aliphatic rings. The van der Waals surface area contributed by atoms with Gasteiger partial charge < -0.3 is 20.1 Å². The van der Waals surface area contributed by atoms with Crippen LogP contribution in [0.3, 0.4) is 0 Å². The van der Waals surface area contributed by atoms with E-state index in [1.165, 1.54) is 6.92 Å². The molecule has 0 fully saturated rings. The molecule has 0 saturated carbocycles. The fraction of sp³-hybridized carbons (Fsp3) is 0.333. The molecule has 0 amide bonds. The second-order valence-electron chi connectivity index (χ2n) is 4.60. The fourth-order valence-corrected chi connectivity index (χ4v) is 1.80. The zero-order chi connectivity index (χ0) is 14.0. The summed E-state index contributed by atoms with van der Waals surface area (Å²) in [6, 6.07) is 7.24. The Hall–Kier alpha value is -2.06. The van der Waals surface area contributed by atoms with Gasteiger partial charge in [-0.15, -0.1) is 0 Å². The number of rotatable bonds is 3. The molecular weight excluding hydrogens is 245 g/mol. The maximum absolute atomic E-state index is 9.69. The summed E-state index contributed by atoms with van der Waals surface area (Å²) >= 11 is 0. The average molecular weight is 257 g/mol. The molecule has 1 heterocycles. The number of hydrogen-bond donors (Lipinski definition) is 2. The zero-order valence-corrected chi connectivity index (χ0v) is 10.4. The third-order valence-corrected chi connectivity index (χ3v) is 2.84. The molecule has 0 saturated heterocycles. The summed E-state index contributed by atoms with van der Waals surface area (Å²) in [5.74, 6) is 0.290. The van der Waals surface area contributed by atoms with Crippen molar-refractivity contribution in [3.63, 3.8) is 0 Å². The molecule has 0 unspecified atom stereocenters. The molecule has 0 aliphatic carbocycles. The van der Waals surface area contributed by atoms with Gasteiger partial charge in [-0.05, 0) is 18.6 Å². The van der Waals surface area contributed by atoms with Crippen LogP contribution in [0.5, 0.6) is 5.75 Å². The topological polar surface area (TPSA) is 112 Å². The van der Waals surface area contributed by atoms with Crippen molar-refractivity contribution < 1.29 is 14.4 Å². The summed E-state index contributed by atoms with van der Waals surface area (Å²) in [6.45, 7) is 1.75. The lowest BCUT2D eigenvalue weighted by molar-refractivity contribution is 0.264. The van der Waals surface area contributed by atoms with E-state index in [0.29, 0.717) is 5.46 Å². The minimum Gasteiger partial charge on any atom is -0.489 e. The number of benzene rings is 1. The predicted molar refractivity (Wildman–Crippen MR) is 67.3 cm³/mol. The summed E-state index contributed by atoms with van der Waals surface area (Å²) in [5, 5.41) is 27.7. The van der Waals surface area contributed by atoms with Crippen molar-refractivity contribution in [2.75, 3.05) is 6.61 Å². The SMILES string of the molecule is C[C@](N)(C#N)COc1ccc2c(c1C#N)B(O)OC2. The maximum atomic E-state index is 9.69. The monoisotopic (exact) mass is 257 g/mol. The van der Waals surface area contributed by atoms with Gasteiger partial charge in [0.25, 0.3) is 0 Å². The van der Waals surface area contributed by atoms with Gasteiger partial charge in [-0.1, -0.05) is 6.07 Å². The van der Waals surface area contributed by atoms with Gasteiger partial charge in [0.1, 0.15) is 24.0 Å². The zero-order valence-electron chi connectivity index (χ0n) is 10.4. The lowest BCUT2D eigenvalue weighted by Gasteiger charge is -2.17. The minimum absolute atomic E-state index is 0.0477. The van der Waals surface area contributed by atoms with Gasteiger partial charge in [0.05, 0.1) is 18.2 Å². The van der Waals surface area contributed by atoms with E-state index in [4.69, 9.17) is 20.4 Å². The highest BCUT2D eigenvalue weighted by molar-refractivity contribution is 6.62. The van der Waals surface area contributed by atoms with Crippen LogP contribution in [-0.2, 0) is 11.3 Å². The number of hydrogen-bond acceptors (Lipinski definition) is 6. The quantitative estimate of drug-likeness (QED) is 0.699. The minimum atomic E-state index is -1.14. The van der Waals surface area contributed by atoms with E-state index < -0.39 is 12.7 Å². The van der Waals surface area contributed by atoms with Gasteiger partial charge >= 0.3 is 7.12 Å². The molecule has 19 heavy (non-hydrogen) atoms. The Labute approximate surface area is 111 Å². The molecule has 2 rings (SSSR count). The highest BCUT2D eigenvalue weighted by Gasteiger charge is 2.32. The summed E-state index contributed by atoms with van der Waals surface area (Å²) in [7, 11) is -1.12. The van der Waals surface area contributed by atoms with Crippen LogP contribution in [-0.4, -0.2) is 24.3 Å². The molecule has 1 aliphatic heterocycles. The van der Waals surface area contributed by atoms with E-state index in [0.717, 1.165) is 5.56 Å². The Bertz CT molecular complexity index is 589. The first-order valence-electron chi connectivity index (χ1n) is 5.67. The molecule has 0 spiro atoms. The first kappa shape index (κ1) is 13.4. The standard InChI is InChI=1S/C12H12BN3O3/c1-12(16,6-15)7-18-10-3-2-8-5-19-13(17)11(8)9(10)4-14/h2-3,17H,5,7,16H2,1H3/t12-/m0/s1. The van der Waals surface area contributed by atoms with Crippen LogP contribution in [0.1, 0.15) is 18.1 Å². The van der Waals surface area contributed by atoms with E-state index in [2.05, 4.69) is 0 Å². The largest absolute Gasteiger partial charge is 0.493 e. The number of nitrogens with zero attached hydrogens (tertiary/aromatic N) is 2. The number of ether oxygens (including phenoxy) is 1. The molecular formula is C12H12BN3O3. The Balaban J connectivity index is 2.31. The Kier molecular flexibility index (Phi) is 3.45. The summed E-state index contributed by atoms with van der Waals surface area (Å²) < 4.78 is 10.5. The Morgan fingerprint density at radius 3 is 2.95 bits per heavy atom.